The third-order valence-corrected chi connectivity index (χ3v) is 5.65. The molecule has 0 aliphatic carbocycles. The molecule has 138 valence electrons. The largest absolute Gasteiger partial charge is 0.331 e. The Kier molecular flexibility index (Phi) is 6.47. The van der Waals surface area contributed by atoms with E-state index in [2.05, 4.69) is 20.6 Å². The van der Waals surface area contributed by atoms with Gasteiger partial charge in [0.1, 0.15) is 0 Å². The van der Waals surface area contributed by atoms with Crippen LogP contribution in [0.15, 0.2) is 52.5 Å². The van der Waals surface area contributed by atoms with Gasteiger partial charge >= 0.3 is 0 Å². The van der Waals surface area contributed by atoms with Crippen molar-refractivity contribution in [2.45, 2.75) is 25.7 Å². The maximum Gasteiger partial charge on any atom is 0.240 e. The van der Waals surface area contributed by atoms with E-state index in [-0.39, 0.29) is 4.90 Å². The van der Waals surface area contributed by atoms with Crippen LogP contribution in [0.25, 0.3) is 0 Å². The van der Waals surface area contributed by atoms with Crippen molar-refractivity contribution in [1.29, 1.82) is 0 Å². The molecule has 0 heterocycles. The number of benzene rings is 2. The lowest BCUT2D eigenvalue weighted by atomic mass is 10.1. The second-order valence-corrected chi connectivity index (χ2v) is 8.04. The van der Waals surface area contributed by atoms with Crippen LogP contribution < -0.4 is 15.5 Å². The standard InChI is InChI=1S/C18H22N4O2S2/c1-12-6-5-7-17(13(12)2)20-18(25)22-21-14(3)15-8-10-16(11-9-15)26(23,24)19-4/h5-11,19H,1-4H3,(H2,20,22,25)/b21-14-. The number of hydrazone groups is 1. The summed E-state index contributed by atoms with van der Waals surface area (Å²) in [6, 6.07) is 12.4. The summed E-state index contributed by atoms with van der Waals surface area (Å²) >= 11 is 5.28. The summed E-state index contributed by atoms with van der Waals surface area (Å²) in [7, 11) is -2.07. The fourth-order valence-electron chi connectivity index (χ4n) is 2.23. The zero-order valence-electron chi connectivity index (χ0n) is 15.1. The van der Waals surface area contributed by atoms with Crippen LogP contribution in [0.4, 0.5) is 5.69 Å². The van der Waals surface area contributed by atoms with Gasteiger partial charge in [0.15, 0.2) is 5.11 Å². The molecule has 0 aliphatic rings. The van der Waals surface area contributed by atoms with Crippen LogP contribution in [0, 0.1) is 13.8 Å². The number of hydrogen-bond donors (Lipinski definition) is 3. The highest BCUT2D eigenvalue weighted by atomic mass is 32.2. The Morgan fingerprint density at radius 2 is 1.73 bits per heavy atom. The van der Waals surface area contributed by atoms with E-state index in [1.165, 1.54) is 24.7 Å². The van der Waals surface area contributed by atoms with Crippen LogP contribution in [-0.4, -0.2) is 26.3 Å². The van der Waals surface area contributed by atoms with Gasteiger partial charge in [-0.1, -0.05) is 24.3 Å². The summed E-state index contributed by atoms with van der Waals surface area (Å²) in [6.07, 6.45) is 0. The molecule has 3 N–H and O–H groups in total. The lowest BCUT2D eigenvalue weighted by Crippen LogP contribution is -2.25. The Balaban J connectivity index is 2.05. The van der Waals surface area contributed by atoms with Gasteiger partial charge in [-0.3, -0.25) is 5.43 Å². The highest BCUT2D eigenvalue weighted by molar-refractivity contribution is 7.89. The molecule has 0 saturated carbocycles. The van der Waals surface area contributed by atoms with E-state index in [4.69, 9.17) is 12.2 Å². The molecule has 0 unspecified atom stereocenters. The summed E-state index contributed by atoms with van der Waals surface area (Å²) < 4.78 is 25.8. The van der Waals surface area contributed by atoms with Gasteiger partial charge in [-0.15, -0.1) is 0 Å². The Hall–Kier alpha value is -2.29. The SMILES string of the molecule is CNS(=O)(=O)c1ccc(/C(C)=N\NC(=S)Nc2cccc(C)c2C)cc1. The fourth-order valence-corrected chi connectivity index (χ4v) is 3.11. The van der Waals surface area contributed by atoms with Crippen molar-refractivity contribution in [2.24, 2.45) is 5.10 Å². The first-order chi connectivity index (χ1) is 12.2. The second kappa shape index (κ2) is 8.39. The Bertz CT molecular complexity index is 936. The molecule has 0 radical (unpaired) electrons. The normalized spacial score (nSPS) is 11.9. The van der Waals surface area contributed by atoms with Crippen LogP contribution in [0.5, 0.6) is 0 Å². The highest BCUT2D eigenvalue weighted by Gasteiger charge is 2.11. The molecule has 0 bridgehead atoms. The molecule has 0 aliphatic heterocycles. The van der Waals surface area contributed by atoms with Gasteiger partial charge in [-0.05, 0) is 74.9 Å². The Morgan fingerprint density at radius 1 is 1.08 bits per heavy atom. The maximum atomic E-state index is 11.7. The van der Waals surface area contributed by atoms with Gasteiger partial charge in [0.05, 0.1) is 10.6 Å². The molecule has 26 heavy (non-hydrogen) atoms. The van der Waals surface area contributed by atoms with E-state index in [9.17, 15) is 8.42 Å². The van der Waals surface area contributed by atoms with E-state index in [1.807, 2.05) is 39.0 Å². The van der Waals surface area contributed by atoms with Crippen LogP contribution in [0.3, 0.4) is 0 Å². The van der Waals surface area contributed by atoms with Gasteiger partial charge in [-0.2, -0.15) is 5.10 Å². The Morgan fingerprint density at radius 3 is 2.35 bits per heavy atom. The second-order valence-electron chi connectivity index (χ2n) is 5.74. The number of sulfonamides is 1. The highest BCUT2D eigenvalue weighted by Crippen LogP contribution is 2.17. The zero-order chi connectivity index (χ0) is 19.3. The van der Waals surface area contributed by atoms with Crippen molar-refractivity contribution in [1.82, 2.24) is 10.1 Å². The molecule has 8 heteroatoms. The molecule has 2 aromatic rings. The molecular formula is C18H22N4O2S2. The molecule has 0 amide bonds. The van der Waals surface area contributed by atoms with Crippen LogP contribution in [-0.2, 0) is 10.0 Å². The first kappa shape index (κ1) is 20.0. The minimum absolute atomic E-state index is 0.205. The summed E-state index contributed by atoms with van der Waals surface area (Å²) in [4.78, 5) is 0.205. The van der Waals surface area contributed by atoms with Crippen molar-refractivity contribution in [3.8, 4) is 0 Å². The van der Waals surface area contributed by atoms with Crippen LogP contribution in [0.1, 0.15) is 23.6 Å². The molecule has 6 nitrogen and oxygen atoms in total. The van der Waals surface area contributed by atoms with Crippen molar-refractivity contribution >= 4 is 38.8 Å². The lowest BCUT2D eigenvalue weighted by Gasteiger charge is -2.12. The van der Waals surface area contributed by atoms with Crippen molar-refractivity contribution in [3.05, 3.63) is 59.2 Å². The summed E-state index contributed by atoms with van der Waals surface area (Å²) in [5.41, 5.74) is 7.51. The number of anilines is 1. The van der Waals surface area contributed by atoms with Gasteiger partial charge in [-0.25, -0.2) is 13.1 Å². The minimum atomic E-state index is -3.44. The van der Waals surface area contributed by atoms with Gasteiger partial charge in [0, 0.05) is 5.69 Å². The monoisotopic (exact) mass is 390 g/mol. The summed E-state index contributed by atoms with van der Waals surface area (Å²) in [5, 5.41) is 7.75. The first-order valence-electron chi connectivity index (χ1n) is 7.96. The average Bonchev–Trinajstić information content (AvgIpc) is 2.63. The predicted molar refractivity (Wildman–Crippen MR) is 110 cm³/mol. The molecule has 0 atom stereocenters. The van der Waals surface area contributed by atoms with Crippen molar-refractivity contribution in [2.75, 3.05) is 12.4 Å². The smallest absolute Gasteiger partial charge is 0.240 e. The van der Waals surface area contributed by atoms with Gasteiger partial charge < -0.3 is 5.32 Å². The number of aryl methyl sites for hydroxylation is 1. The number of nitrogens with one attached hydrogen (secondary N) is 3. The summed E-state index contributed by atoms with van der Waals surface area (Å²) in [6.45, 7) is 5.88. The van der Waals surface area contributed by atoms with E-state index in [0.717, 1.165) is 16.8 Å². The van der Waals surface area contributed by atoms with E-state index in [0.29, 0.717) is 10.8 Å². The molecule has 0 spiro atoms. The number of rotatable bonds is 5. The van der Waals surface area contributed by atoms with Crippen molar-refractivity contribution in [3.63, 3.8) is 0 Å². The van der Waals surface area contributed by atoms with E-state index < -0.39 is 10.0 Å². The fraction of sp³-hybridized carbons (Fsp3) is 0.222. The van der Waals surface area contributed by atoms with Crippen molar-refractivity contribution < 1.29 is 8.42 Å². The van der Waals surface area contributed by atoms with Gasteiger partial charge in [0.25, 0.3) is 0 Å². The number of hydrogen-bond acceptors (Lipinski definition) is 4. The molecule has 0 fully saturated rings. The molecule has 0 saturated heterocycles. The third-order valence-electron chi connectivity index (χ3n) is 4.03. The molecule has 0 aromatic heterocycles. The number of nitrogens with zero attached hydrogens (tertiary/aromatic N) is 1. The Labute approximate surface area is 159 Å². The van der Waals surface area contributed by atoms with Crippen LogP contribution >= 0.6 is 12.2 Å². The zero-order valence-corrected chi connectivity index (χ0v) is 16.8. The van der Waals surface area contributed by atoms with E-state index in [1.54, 1.807) is 12.1 Å². The molecular weight excluding hydrogens is 368 g/mol. The summed E-state index contributed by atoms with van der Waals surface area (Å²) in [5.74, 6) is 0. The molecule has 2 aromatic carbocycles. The average molecular weight is 391 g/mol. The minimum Gasteiger partial charge on any atom is -0.331 e. The molecule has 2 rings (SSSR count). The van der Waals surface area contributed by atoms with Gasteiger partial charge in [0.2, 0.25) is 10.0 Å². The predicted octanol–water partition coefficient (Wildman–Crippen LogP) is 2.92. The van der Waals surface area contributed by atoms with E-state index >= 15 is 0 Å². The first-order valence-corrected chi connectivity index (χ1v) is 9.85. The van der Waals surface area contributed by atoms with Crippen LogP contribution in [0.2, 0.25) is 0 Å². The number of thiocarbonyl (C=S) groups is 1. The quantitative estimate of drug-likeness (QED) is 0.415. The third kappa shape index (κ3) is 4.87. The topological polar surface area (TPSA) is 82.6 Å². The maximum absolute atomic E-state index is 11.7. The lowest BCUT2D eigenvalue weighted by molar-refractivity contribution is 0.588.